The van der Waals surface area contributed by atoms with E-state index in [4.69, 9.17) is 4.74 Å². The maximum Gasteiger partial charge on any atom is 0.284 e. The lowest BCUT2D eigenvalue weighted by Crippen LogP contribution is -2.33. The van der Waals surface area contributed by atoms with Crippen LogP contribution in [0.25, 0.3) is 11.2 Å². The molecule has 3 aromatic rings. The Balaban J connectivity index is 2.24. The quantitative estimate of drug-likeness (QED) is 0.779. The van der Waals surface area contributed by atoms with Crippen LogP contribution in [0.4, 0.5) is 0 Å². The van der Waals surface area contributed by atoms with Gasteiger partial charge in [-0.15, -0.1) is 0 Å². The largest absolute Gasteiger partial charge is 0.496 e. The fraction of sp³-hybridized carbons (Fsp3) is 0.176. The zero-order valence-corrected chi connectivity index (χ0v) is 13.3. The van der Waals surface area contributed by atoms with Crippen LogP contribution < -0.4 is 15.6 Å². The monoisotopic (exact) mass is 324 g/mol. The molecule has 2 heterocycles. The van der Waals surface area contributed by atoms with Crippen LogP contribution in [0.3, 0.4) is 0 Å². The molecule has 1 aromatic carbocycles. The maximum absolute atomic E-state index is 12.7. The summed E-state index contributed by atoms with van der Waals surface area (Å²) in [7, 11) is 3.03. The summed E-state index contributed by atoms with van der Waals surface area (Å²) in [5.74, 6) is 0.131. The van der Waals surface area contributed by atoms with E-state index in [9.17, 15) is 9.59 Å². The number of rotatable bonds is 4. The lowest BCUT2D eigenvalue weighted by Gasteiger charge is -2.13. The zero-order valence-electron chi connectivity index (χ0n) is 13.3. The average molecular weight is 324 g/mol. The third-order valence-corrected chi connectivity index (χ3v) is 3.66. The van der Waals surface area contributed by atoms with Crippen molar-refractivity contribution < 1.29 is 9.53 Å². The summed E-state index contributed by atoms with van der Waals surface area (Å²) in [5.41, 5.74) is 1.05. The first kappa shape index (κ1) is 15.7. The fourth-order valence-corrected chi connectivity index (χ4v) is 2.49. The molecule has 0 aliphatic rings. The molecule has 0 aliphatic carbocycles. The summed E-state index contributed by atoms with van der Waals surface area (Å²) in [6, 6.07) is 10.8. The number of amides is 1. The van der Waals surface area contributed by atoms with Gasteiger partial charge in [-0.3, -0.25) is 14.2 Å². The van der Waals surface area contributed by atoms with Gasteiger partial charge in [0.15, 0.2) is 11.3 Å². The molecule has 0 fully saturated rings. The summed E-state index contributed by atoms with van der Waals surface area (Å²) in [5, 5.41) is 2.44. The van der Waals surface area contributed by atoms with Crippen molar-refractivity contribution in [2.75, 3.05) is 14.2 Å². The van der Waals surface area contributed by atoms with Gasteiger partial charge in [-0.2, -0.15) is 0 Å². The van der Waals surface area contributed by atoms with E-state index in [1.54, 1.807) is 25.4 Å². The molecule has 0 radical (unpaired) electrons. The van der Waals surface area contributed by atoms with Crippen LogP contribution in [-0.2, 0) is 6.54 Å². The molecule has 122 valence electrons. The molecule has 0 bridgehead atoms. The van der Waals surface area contributed by atoms with Crippen LogP contribution in [0.2, 0.25) is 0 Å². The van der Waals surface area contributed by atoms with Crippen molar-refractivity contribution in [3.05, 3.63) is 64.2 Å². The van der Waals surface area contributed by atoms with Gasteiger partial charge in [0, 0.05) is 18.8 Å². The van der Waals surface area contributed by atoms with E-state index in [0.29, 0.717) is 16.9 Å². The van der Waals surface area contributed by atoms with Crippen molar-refractivity contribution in [2.45, 2.75) is 6.54 Å². The lowest BCUT2D eigenvalue weighted by atomic mass is 10.2. The summed E-state index contributed by atoms with van der Waals surface area (Å²) in [6.45, 7) is 0.225. The molecule has 0 aliphatic heterocycles. The number of fused-ring (bicyclic) bond motifs is 1. The predicted molar refractivity (Wildman–Crippen MR) is 89.3 cm³/mol. The number of para-hydroxylation sites is 1. The molecule has 1 amide bonds. The van der Waals surface area contributed by atoms with E-state index >= 15 is 0 Å². The van der Waals surface area contributed by atoms with Crippen LogP contribution in [0.15, 0.2) is 47.4 Å². The van der Waals surface area contributed by atoms with E-state index < -0.39 is 11.5 Å². The number of pyridine rings is 1. The van der Waals surface area contributed by atoms with Gasteiger partial charge < -0.3 is 10.1 Å². The smallest absolute Gasteiger partial charge is 0.284 e. The second-order valence-electron chi connectivity index (χ2n) is 5.09. The SMILES string of the molecule is CNC(=O)c1nc2cccnc2n(Cc2ccccc2OC)c1=O. The Kier molecular flexibility index (Phi) is 4.24. The lowest BCUT2D eigenvalue weighted by molar-refractivity contribution is 0.0956. The molecule has 3 rings (SSSR count). The van der Waals surface area contributed by atoms with Gasteiger partial charge in [-0.1, -0.05) is 18.2 Å². The summed E-state index contributed by atoms with van der Waals surface area (Å²) < 4.78 is 6.77. The Morgan fingerprint density at radius 3 is 2.79 bits per heavy atom. The minimum atomic E-state index is -0.528. The minimum absolute atomic E-state index is 0.159. The normalized spacial score (nSPS) is 10.6. The molecule has 7 nitrogen and oxygen atoms in total. The number of aromatic nitrogens is 3. The average Bonchev–Trinajstić information content (AvgIpc) is 2.63. The number of benzene rings is 1. The third kappa shape index (κ3) is 2.71. The Hall–Kier alpha value is -3.22. The third-order valence-electron chi connectivity index (χ3n) is 3.66. The van der Waals surface area contributed by atoms with Crippen LogP contribution in [0.5, 0.6) is 5.75 Å². The highest BCUT2D eigenvalue weighted by Crippen LogP contribution is 2.19. The van der Waals surface area contributed by atoms with E-state index in [-0.39, 0.29) is 12.2 Å². The first-order chi connectivity index (χ1) is 11.7. The van der Waals surface area contributed by atoms with Gasteiger partial charge in [0.25, 0.3) is 11.5 Å². The van der Waals surface area contributed by atoms with Crippen molar-refractivity contribution in [1.29, 1.82) is 0 Å². The second kappa shape index (κ2) is 6.49. The van der Waals surface area contributed by atoms with E-state index in [1.807, 2.05) is 24.3 Å². The van der Waals surface area contributed by atoms with Gasteiger partial charge in [-0.05, 0) is 18.2 Å². The van der Waals surface area contributed by atoms with Crippen LogP contribution in [-0.4, -0.2) is 34.6 Å². The molecule has 24 heavy (non-hydrogen) atoms. The Bertz CT molecular complexity index is 965. The van der Waals surface area contributed by atoms with Gasteiger partial charge in [-0.25, -0.2) is 9.97 Å². The van der Waals surface area contributed by atoms with E-state index in [2.05, 4.69) is 15.3 Å². The van der Waals surface area contributed by atoms with E-state index in [1.165, 1.54) is 11.6 Å². The molecule has 0 saturated carbocycles. The zero-order chi connectivity index (χ0) is 17.1. The molecular formula is C17H16N4O3. The Labute approximate surface area is 137 Å². The number of nitrogens with one attached hydrogen (secondary N) is 1. The maximum atomic E-state index is 12.7. The second-order valence-corrected chi connectivity index (χ2v) is 5.09. The highest BCUT2D eigenvalue weighted by molar-refractivity contribution is 5.93. The summed E-state index contributed by atoms with van der Waals surface area (Å²) >= 11 is 0. The van der Waals surface area contributed by atoms with Crippen LogP contribution in [0.1, 0.15) is 16.1 Å². The molecule has 0 unspecified atom stereocenters. The Morgan fingerprint density at radius 1 is 1.25 bits per heavy atom. The number of carbonyl (C=O) groups excluding carboxylic acids is 1. The van der Waals surface area contributed by atoms with Crippen LogP contribution in [0, 0.1) is 0 Å². The fourth-order valence-electron chi connectivity index (χ4n) is 2.49. The topological polar surface area (TPSA) is 86.1 Å². The molecular weight excluding hydrogens is 308 g/mol. The number of nitrogens with zero attached hydrogens (tertiary/aromatic N) is 3. The van der Waals surface area contributed by atoms with Crippen molar-refractivity contribution >= 4 is 17.1 Å². The first-order valence-corrected chi connectivity index (χ1v) is 7.35. The standard InChI is InChI=1S/C17H16N4O3/c1-18-16(22)14-17(23)21(15-12(20-14)7-5-9-19-15)10-11-6-3-4-8-13(11)24-2/h3-9H,10H2,1-2H3,(H,18,22). The summed E-state index contributed by atoms with van der Waals surface area (Å²) in [4.78, 5) is 33.1. The van der Waals surface area contributed by atoms with Gasteiger partial charge in [0.1, 0.15) is 11.3 Å². The first-order valence-electron chi connectivity index (χ1n) is 7.35. The van der Waals surface area contributed by atoms with Crippen LogP contribution >= 0.6 is 0 Å². The predicted octanol–water partition coefficient (Wildman–Crippen LogP) is 1.21. The molecule has 0 atom stereocenters. The van der Waals surface area contributed by atoms with Crippen molar-refractivity contribution in [3.63, 3.8) is 0 Å². The number of carbonyl (C=O) groups is 1. The molecule has 0 saturated heterocycles. The number of hydrogen-bond donors (Lipinski definition) is 1. The van der Waals surface area contributed by atoms with Gasteiger partial charge in [0.05, 0.1) is 13.7 Å². The Morgan fingerprint density at radius 2 is 2.04 bits per heavy atom. The molecule has 1 N–H and O–H groups in total. The minimum Gasteiger partial charge on any atom is -0.496 e. The molecule has 2 aromatic heterocycles. The van der Waals surface area contributed by atoms with Gasteiger partial charge >= 0.3 is 0 Å². The highest BCUT2D eigenvalue weighted by atomic mass is 16.5. The highest BCUT2D eigenvalue weighted by Gasteiger charge is 2.18. The van der Waals surface area contributed by atoms with E-state index in [0.717, 1.165) is 5.56 Å². The summed E-state index contributed by atoms with van der Waals surface area (Å²) in [6.07, 6.45) is 1.59. The number of methoxy groups -OCH3 is 1. The van der Waals surface area contributed by atoms with Crippen molar-refractivity contribution in [1.82, 2.24) is 19.9 Å². The van der Waals surface area contributed by atoms with Crippen molar-refractivity contribution in [3.8, 4) is 5.75 Å². The molecule has 7 heteroatoms. The number of hydrogen-bond acceptors (Lipinski definition) is 5. The van der Waals surface area contributed by atoms with Crippen molar-refractivity contribution in [2.24, 2.45) is 0 Å². The van der Waals surface area contributed by atoms with Gasteiger partial charge in [0.2, 0.25) is 0 Å². The molecule has 0 spiro atoms. The number of ether oxygens (including phenoxy) is 1.